The number of aromatic nitrogens is 1. The first kappa shape index (κ1) is 18.5. The standard InChI is InChI=1S/C20H33N7/c1-21-20(24-17-6-8-27(15-17)18-3-4-18)23-14-16-5-7-22-19(13-16)26-11-9-25(2)10-12-26/h5,7,13,17-18H,3-4,6,8-12,14-15H2,1-2H3,(H2,21,23,24). The van der Waals surface area contributed by atoms with Crippen LogP contribution in [0.25, 0.3) is 0 Å². The molecule has 4 rings (SSSR count). The summed E-state index contributed by atoms with van der Waals surface area (Å²) < 4.78 is 0. The Kier molecular flexibility index (Phi) is 5.78. The van der Waals surface area contributed by atoms with Gasteiger partial charge in [-0.2, -0.15) is 0 Å². The third-order valence-corrected chi connectivity index (χ3v) is 5.94. The van der Waals surface area contributed by atoms with Crippen LogP contribution < -0.4 is 15.5 Å². The number of likely N-dealkylation sites (tertiary alicyclic amines) is 1. The fourth-order valence-electron chi connectivity index (χ4n) is 4.03. The first-order chi connectivity index (χ1) is 13.2. The average Bonchev–Trinajstić information content (AvgIpc) is 3.45. The molecule has 1 aromatic rings. The molecule has 0 spiro atoms. The summed E-state index contributed by atoms with van der Waals surface area (Å²) in [7, 11) is 4.03. The molecule has 1 aromatic heterocycles. The molecule has 7 heteroatoms. The Hall–Kier alpha value is -1.86. The van der Waals surface area contributed by atoms with Crippen LogP contribution in [0.15, 0.2) is 23.3 Å². The fourth-order valence-corrected chi connectivity index (χ4v) is 4.03. The molecule has 1 unspecified atom stereocenters. The van der Waals surface area contributed by atoms with Crippen molar-refractivity contribution in [3.05, 3.63) is 23.9 Å². The molecule has 2 N–H and O–H groups in total. The van der Waals surface area contributed by atoms with Crippen LogP contribution in [-0.4, -0.2) is 86.2 Å². The van der Waals surface area contributed by atoms with Crippen molar-refractivity contribution < 1.29 is 0 Å². The maximum atomic E-state index is 4.58. The number of nitrogens with one attached hydrogen (secondary N) is 2. The van der Waals surface area contributed by atoms with Gasteiger partial charge in [-0.15, -0.1) is 0 Å². The molecular formula is C20H33N7. The Morgan fingerprint density at radius 3 is 2.74 bits per heavy atom. The third kappa shape index (κ3) is 4.90. The third-order valence-electron chi connectivity index (χ3n) is 5.94. The summed E-state index contributed by atoms with van der Waals surface area (Å²) in [6.07, 6.45) is 5.90. The highest BCUT2D eigenvalue weighted by Crippen LogP contribution is 2.29. The predicted molar refractivity (Wildman–Crippen MR) is 110 cm³/mol. The van der Waals surface area contributed by atoms with E-state index in [1.165, 1.54) is 31.4 Å². The zero-order chi connectivity index (χ0) is 18.6. The Balaban J connectivity index is 1.27. The highest BCUT2D eigenvalue weighted by atomic mass is 15.3. The summed E-state index contributed by atoms with van der Waals surface area (Å²) in [5.41, 5.74) is 1.24. The molecule has 0 radical (unpaired) electrons. The predicted octanol–water partition coefficient (Wildman–Crippen LogP) is 0.735. The summed E-state index contributed by atoms with van der Waals surface area (Å²) in [6, 6.07) is 5.66. The molecule has 1 aliphatic carbocycles. The van der Waals surface area contributed by atoms with Gasteiger partial charge in [-0.05, 0) is 44.0 Å². The van der Waals surface area contributed by atoms with Crippen molar-refractivity contribution >= 4 is 11.8 Å². The minimum Gasteiger partial charge on any atom is -0.354 e. The average molecular weight is 372 g/mol. The van der Waals surface area contributed by atoms with Gasteiger partial charge in [0.25, 0.3) is 0 Å². The molecule has 0 bridgehead atoms. The minimum atomic E-state index is 0.509. The van der Waals surface area contributed by atoms with Crippen LogP contribution in [0.4, 0.5) is 5.82 Å². The molecule has 0 aromatic carbocycles. The highest BCUT2D eigenvalue weighted by molar-refractivity contribution is 5.80. The van der Waals surface area contributed by atoms with E-state index in [1.54, 1.807) is 0 Å². The molecule has 3 heterocycles. The van der Waals surface area contributed by atoms with Crippen molar-refractivity contribution in [3.63, 3.8) is 0 Å². The van der Waals surface area contributed by atoms with Gasteiger partial charge in [0.1, 0.15) is 5.82 Å². The first-order valence-corrected chi connectivity index (χ1v) is 10.3. The summed E-state index contributed by atoms with van der Waals surface area (Å²) in [5, 5.41) is 7.07. The van der Waals surface area contributed by atoms with E-state index in [4.69, 9.17) is 0 Å². The van der Waals surface area contributed by atoms with Crippen molar-refractivity contribution in [2.75, 3.05) is 58.3 Å². The summed E-state index contributed by atoms with van der Waals surface area (Å²) in [5.74, 6) is 1.98. The molecule has 1 saturated carbocycles. The maximum absolute atomic E-state index is 4.58. The normalized spacial score (nSPS) is 25.0. The van der Waals surface area contributed by atoms with E-state index in [1.807, 2.05) is 13.2 Å². The van der Waals surface area contributed by atoms with E-state index in [9.17, 15) is 0 Å². The van der Waals surface area contributed by atoms with Crippen LogP contribution in [0.3, 0.4) is 0 Å². The highest BCUT2D eigenvalue weighted by Gasteiger charge is 2.34. The number of nitrogens with zero attached hydrogens (tertiary/aromatic N) is 5. The van der Waals surface area contributed by atoms with Gasteiger partial charge in [0, 0.05) is 71.1 Å². The molecule has 0 amide bonds. The Morgan fingerprint density at radius 1 is 1.19 bits per heavy atom. The van der Waals surface area contributed by atoms with Crippen LogP contribution in [-0.2, 0) is 6.54 Å². The summed E-state index contributed by atoms with van der Waals surface area (Å²) >= 11 is 0. The minimum absolute atomic E-state index is 0.509. The lowest BCUT2D eigenvalue weighted by atomic mass is 10.2. The van der Waals surface area contributed by atoms with E-state index in [-0.39, 0.29) is 0 Å². The van der Waals surface area contributed by atoms with Gasteiger partial charge in [-0.3, -0.25) is 9.89 Å². The molecular weight excluding hydrogens is 338 g/mol. The van der Waals surface area contributed by atoms with Crippen molar-refractivity contribution in [1.29, 1.82) is 0 Å². The van der Waals surface area contributed by atoms with Gasteiger partial charge < -0.3 is 20.4 Å². The van der Waals surface area contributed by atoms with E-state index < -0.39 is 0 Å². The van der Waals surface area contributed by atoms with Gasteiger partial charge in [0.05, 0.1) is 0 Å². The Morgan fingerprint density at radius 2 is 2.00 bits per heavy atom. The summed E-state index contributed by atoms with van der Waals surface area (Å²) in [4.78, 5) is 16.4. The van der Waals surface area contributed by atoms with Crippen molar-refractivity contribution in [2.24, 2.45) is 4.99 Å². The zero-order valence-electron chi connectivity index (χ0n) is 16.7. The van der Waals surface area contributed by atoms with Crippen LogP contribution in [0.1, 0.15) is 24.8 Å². The van der Waals surface area contributed by atoms with E-state index in [0.29, 0.717) is 6.04 Å². The van der Waals surface area contributed by atoms with Crippen molar-refractivity contribution in [1.82, 2.24) is 25.4 Å². The van der Waals surface area contributed by atoms with Gasteiger partial charge in [-0.25, -0.2) is 4.98 Å². The van der Waals surface area contributed by atoms with Crippen molar-refractivity contribution in [3.8, 4) is 0 Å². The molecule has 7 nitrogen and oxygen atoms in total. The number of rotatable bonds is 5. The molecule has 2 aliphatic heterocycles. The number of likely N-dealkylation sites (N-methyl/N-ethyl adjacent to an activating group) is 1. The van der Waals surface area contributed by atoms with Gasteiger partial charge in [0.2, 0.25) is 0 Å². The number of aliphatic imine (C=N–C) groups is 1. The van der Waals surface area contributed by atoms with Gasteiger partial charge in [0.15, 0.2) is 5.96 Å². The van der Waals surface area contributed by atoms with Crippen molar-refractivity contribution in [2.45, 2.75) is 37.9 Å². The van der Waals surface area contributed by atoms with E-state index in [2.05, 4.69) is 54.5 Å². The lowest BCUT2D eigenvalue weighted by molar-refractivity contribution is 0.312. The van der Waals surface area contributed by atoms with E-state index in [0.717, 1.165) is 57.1 Å². The molecule has 148 valence electrons. The first-order valence-electron chi connectivity index (χ1n) is 10.3. The molecule has 1 atom stereocenters. The molecule has 2 saturated heterocycles. The quantitative estimate of drug-likeness (QED) is 0.588. The maximum Gasteiger partial charge on any atom is 0.191 e. The SMILES string of the molecule is CN=C(NCc1ccnc(N2CCN(C)CC2)c1)NC1CCN(C2CC2)C1. The summed E-state index contributed by atoms with van der Waals surface area (Å²) in [6.45, 7) is 7.42. The second-order valence-corrected chi connectivity index (χ2v) is 8.09. The molecule has 3 fully saturated rings. The van der Waals surface area contributed by atoms with Crippen LogP contribution in [0.2, 0.25) is 0 Å². The number of anilines is 1. The number of pyridine rings is 1. The number of hydrogen-bond donors (Lipinski definition) is 2. The zero-order valence-corrected chi connectivity index (χ0v) is 16.7. The second-order valence-electron chi connectivity index (χ2n) is 8.09. The lowest BCUT2D eigenvalue weighted by Crippen LogP contribution is -2.45. The van der Waals surface area contributed by atoms with E-state index >= 15 is 0 Å². The van der Waals surface area contributed by atoms with Gasteiger partial charge >= 0.3 is 0 Å². The fraction of sp³-hybridized carbons (Fsp3) is 0.700. The largest absolute Gasteiger partial charge is 0.354 e. The molecule has 27 heavy (non-hydrogen) atoms. The number of guanidine groups is 1. The Labute approximate surface area is 162 Å². The number of hydrogen-bond acceptors (Lipinski definition) is 5. The van der Waals surface area contributed by atoms with Crippen LogP contribution in [0.5, 0.6) is 0 Å². The smallest absolute Gasteiger partial charge is 0.191 e. The number of piperazine rings is 1. The van der Waals surface area contributed by atoms with Crippen LogP contribution in [0, 0.1) is 0 Å². The topological polar surface area (TPSA) is 59.0 Å². The molecule has 3 aliphatic rings. The monoisotopic (exact) mass is 371 g/mol. The lowest BCUT2D eigenvalue weighted by Gasteiger charge is -2.33. The Bertz CT molecular complexity index is 649. The van der Waals surface area contributed by atoms with Gasteiger partial charge in [-0.1, -0.05) is 0 Å². The van der Waals surface area contributed by atoms with Crippen LogP contribution >= 0.6 is 0 Å². The second kappa shape index (κ2) is 8.44.